The fraction of sp³-hybridized carbons (Fsp3) is 0.250. The van der Waals surface area contributed by atoms with Crippen LogP contribution in [0.1, 0.15) is 16.0 Å². The molecule has 0 aromatic heterocycles. The number of benzene rings is 2. The predicted octanol–water partition coefficient (Wildman–Crippen LogP) is 4.66. The molecule has 0 saturated carbocycles. The van der Waals surface area contributed by atoms with Crippen molar-refractivity contribution in [3.63, 3.8) is 0 Å². The largest absolute Gasteiger partial charge is 0.493 e. The third kappa shape index (κ3) is 3.53. The van der Waals surface area contributed by atoms with Gasteiger partial charge in [0.1, 0.15) is 11.6 Å². The summed E-state index contributed by atoms with van der Waals surface area (Å²) < 4.78 is 37.9. The first kappa shape index (κ1) is 15.8. The van der Waals surface area contributed by atoms with Crippen molar-refractivity contribution in [2.24, 2.45) is 0 Å². The molecule has 0 fully saturated rings. The lowest BCUT2D eigenvalue weighted by molar-refractivity contribution is 0.354. The normalized spacial score (nSPS) is 12.0. The Morgan fingerprint density at radius 2 is 1.62 bits per heavy atom. The minimum atomic E-state index is -0.558. The molecule has 0 bridgehead atoms. The summed E-state index contributed by atoms with van der Waals surface area (Å²) in [6.07, 6.45) is 0.429. The molecule has 0 N–H and O–H groups in total. The van der Waals surface area contributed by atoms with Crippen molar-refractivity contribution < 1.29 is 18.3 Å². The Morgan fingerprint density at radius 1 is 1.00 bits per heavy atom. The average molecular weight is 357 g/mol. The number of halogens is 3. The van der Waals surface area contributed by atoms with Crippen LogP contribution in [-0.2, 0) is 6.42 Å². The summed E-state index contributed by atoms with van der Waals surface area (Å²) >= 11 is 3.35. The van der Waals surface area contributed by atoms with Crippen molar-refractivity contribution in [1.82, 2.24) is 0 Å². The van der Waals surface area contributed by atoms with Gasteiger partial charge < -0.3 is 9.47 Å². The topological polar surface area (TPSA) is 18.5 Å². The monoisotopic (exact) mass is 356 g/mol. The molecule has 2 nitrogen and oxygen atoms in total. The third-order valence-corrected chi connectivity index (χ3v) is 3.96. The fourth-order valence-corrected chi connectivity index (χ4v) is 2.94. The first-order chi connectivity index (χ1) is 10.1. The van der Waals surface area contributed by atoms with E-state index in [9.17, 15) is 8.78 Å². The molecule has 0 aliphatic carbocycles. The summed E-state index contributed by atoms with van der Waals surface area (Å²) in [5, 5.41) is 0. The van der Waals surface area contributed by atoms with Gasteiger partial charge in [-0.15, -0.1) is 0 Å². The van der Waals surface area contributed by atoms with Crippen LogP contribution in [0.2, 0.25) is 0 Å². The van der Waals surface area contributed by atoms with Crippen molar-refractivity contribution in [2.45, 2.75) is 11.2 Å². The van der Waals surface area contributed by atoms with Gasteiger partial charge in [-0.05, 0) is 36.2 Å². The van der Waals surface area contributed by atoms with Crippen molar-refractivity contribution in [3.05, 3.63) is 59.2 Å². The Kier molecular flexibility index (Phi) is 5.17. The van der Waals surface area contributed by atoms with Crippen LogP contribution in [0.25, 0.3) is 0 Å². The molecule has 2 aromatic rings. The Bertz CT molecular complexity index is 611. The summed E-state index contributed by atoms with van der Waals surface area (Å²) in [5.74, 6) is 0.0860. The van der Waals surface area contributed by atoms with Crippen LogP contribution < -0.4 is 9.47 Å². The Balaban J connectivity index is 2.25. The molecule has 21 heavy (non-hydrogen) atoms. The molecule has 0 heterocycles. The van der Waals surface area contributed by atoms with Crippen molar-refractivity contribution in [1.29, 1.82) is 0 Å². The summed E-state index contributed by atoms with van der Waals surface area (Å²) in [4.78, 5) is -0.461. The molecule has 0 spiro atoms. The first-order valence-electron chi connectivity index (χ1n) is 6.35. The van der Waals surface area contributed by atoms with Gasteiger partial charge in [0.05, 0.1) is 14.2 Å². The molecule has 112 valence electrons. The number of methoxy groups -OCH3 is 2. The molecule has 2 aromatic carbocycles. The summed E-state index contributed by atoms with van der Waals surface area (Å²) in [6, 6.07) is 9.26. The first-order valence-corrected chi connectivity index (χ1v) is 7.27. The summed E-state index contributed by atoms with van der Waals surface area (Å²) in [6.45, 7) is 0. The van der Waals surface area contributed by atoms with E-state index in [2.05, 4.69) is 15.9 Å². The number of alkyl halides is 1. The van der Waals surface area contributed by atoms with E-state index < -0.39 is 16.5 Å². The second kappa shape index (κ2) is 6.89. The number of ether oxygens (including phenoxy) is 2. The zero-order chi connectivity index (χ0) is 15.4. The molecule has 5 heteroatoms. The Labute approximate surface area is 130 Å². The summed E-state index contributed by atoms with van der Waals surface area (Å²) in [7, 11) is 3.10. The van der Waals surface area contributed by atoms with E-state index in [4.69, 9.17) is 9.47 Å². The lowest BCUT2D eigenvalue weighted by Gasteiger charge is -2.14. The summed E-state index contributed by atoms with van der Waals surface area (Å²) in [5.41, 5.74) is 0.921. The van der Waals surface area contributed by atoms with Crippen molar-refractivity contribution in [3.8, 4) is 11.5 Å². The molecular formula is C16H15BrF2O2. The van der Waals surface area contributed by atoms with Gasteiger partial charge in [0.25, 0.3) is 0 Å². The minimum absolute atomic E-state index is 0.0345. The molecule has 0 aliphatic heterocycles. The van der Waals surface area contributed by atoms with Crippen LogP contribution in [0.3, 0.4) is 0 Å². The Morgan fingerprint density at radius 3 is 2.19 bits per heavy atom. The van der Waals surface area contributed by atoms with Gasteiger partial charge in [0, 0.05) is 10.4 Å². The van der Waals surface area contributed by atoms with Crippen LogP contribution >= 0.6 is 15.9 Å². The van der Waals surface area contributed by atoms with Gasteiger partial charge in [-0.25, -0.2) is 8.78 Å². The average Bonchev–Trinajstić information content (AvgIpc) is 2.46. The molecular weight excluding hydrogens is 342 g/mol. The van der Waals surface area contributed by atoms with Crippen LogP contribution in [-0.4, -0.2) is 14.2 Å². The maximum absolute atomic E-state index is 13.8. The van der Waals surface area contributed by atoms with E-state index in [-0.39, 0.29) is 5.56 Å². The van der Waals surface area contributed by atoms with Gasteiger partial charge in [-0.3, -0.25) is 0 Å². The van der Waals surface area contributed by atoms with Crippen LogP contribution in [0.15, 0.2) is 36.4 Å². The van der Waals surface area contributed by atoms with Crippen LogP contribution in [0, 0.1) is 11.6 Å². The highest BCUT2D eigenvalue weighted by atomic mass is 79.9. The van der Waals surface area contributed by atoms with E-state index >= 15 is 0 Å². The van der Waals surface area contributed by atoms with E-state index in [1.54, 1.807) is 26.4 Å². The third-order valence-electron chi connectivity index (χ3n) is 3.18. The molecule has 0 saturated heterocycles. The second-order valence-electron chi connectivity index (χ2n) is 4.50. The SMILES string of the molecule is COc1ccc(CC(Br)c2c(F)cccc2F)cc1OC. The highest BCUT2D eigenvalue weighted by Crippen LogP contribution is 2.34. The Hall–Kier alpha value is -1.62. The lowest BCUT2D eigenvalue weighted by atomic mass is 10.0. The lowest BCUT2D eigenvalue weighted by Crippen LogP contribution is -2.02. The van der Waals surface area contributed by atoms with Crippen molar-refractivity contribution in [2.75, 3.05) is 14.2 Å². The van der Waals surface area contributed by atoms with Gasteiger partial charge in [-0.2, -0.15) is 0 Å². The second-order valence-corrected chi connectivity index (χ2v) is 5.60. The van der Waals surface area contributed by atoms with Gasteiger partial charge in [-0.1, -0.05) is 28.1 Å². The quantitative estimate of drug-likeness (QED) is 0.725. The van der Waals surface area contributed by atoms with Gasteiger partial charge in [0.2, 0.25) is 0 Å². The molecule has 1 atom stereocenters. The van der Waals surface area contributed by atoms with E-state index in [0.29, 0.717) is 17.9 Å². The highest BCUT2D eigenvalue weighted by molar-refractivity contribution is 9.09. The minimum Gasteiger partial charge on any atom is -0.493 e. The standard InChI is InChI=1S/C16H15BrF2O2/c1-20-14-7-6-10(9-15(14)21-2)8-11(17)16-12(18)4-3-5-13(16)19/h3-7,9,11H,8H2,1-2H3. The van der Waals surface area contributed by atoms with Crippen LogP contribution in [0.5, 0.6) is 11.5 Å². The smallest absolute Gasteiger partial charge is 0.160 e. The number of rotatable bonds is 5. The van der Waals surface area contributed by atoms with Gasteiger partial charge >= 0.3 is 0 Å². The number of hydrogen-bond donors (Lipinski definition) is 0. The molecule has 0 aliphatic rings. The van der Waals surface area contributed by atoms with Crippen molar-refractivity contribution >= 4 is 15.9 Å². The maximum atomic E-state index is 13.8. The van der Waals surface area contributed by atoms with E-state index in [1.165, 1.54) is 18.2 Å². The van der Waals surface area contributed by atoms with E-state index in [0.717, 1.165) is 5.56 Å². The predicted molar refractivity (Wildman–Crippen MR) is 81.3 cm³/mol. The molecule has 0 radical (unpaired) electrons. The highest BCUT2D eigenvalue weighted by Gasteiger charge is 2.18. The zero-order valence-corrected chi connectivity index (χ0v) is 13.3. The molecule has 0 amide bonds. The van der Waals surface area contributed by atoms with E-state index in [1.807, 2.05) is 6.07 Å². The van der Waals surface area contributed by atoms with Crippen LogP contribution in [0.4, 0.5) is 8.78 Å². The maximum Gasteiger partial charge on any atom is 0.160 e. The fourth-order valence-electron chi connectivity index (χ4n) is 2.13. The zero-order valence-electron chi connectivity index (χ0n) is 11.7. The molecule has 1 unspecified atom stereocenters. The number of hydrogen-bond acceptors (Lipinski definition) is 2. The molecule has 2 rings (SSSR count). The van der Waals surface area contributed by atoms with Gasteiger partial charge in [0.15, 0.2) is 11.5 Å².